The van der Waals surface area contributed by atoms with Crippen LogP contribution in [-0.4, -0.2) is 28.0 Å². The van der Waals surface area contributed by atoms with Crippen LogP contribution < -0.4 is 10.7 Å². The summed E-state index contributed by atoms with van der Waals surface area (Å²) in [6, 6.07) is 5.28. The zero-order valence-corrected chi connectivity index (χ0v) is 16.5. The van der Waals surface area contributed by atoms with E-state index in [4.69, 9.17) is 0 Å². The van der Waals surface area contributed by atoms with Crippen LogP contribution >= 0.6 is 0 Å². The summed E-state index contributed by atoms with van der Waals surface area (Å²) in [6.45, 7) is 1.70. The van der Waals surface area contributed by atoms with E-state index in [1.165, 1.54) is 43.5 Å². The Balaban J connectivity index is 1.30. The molecule has 2 amide bonds. The number of carbonyl (C=O) groups is 2. The Kier molecular flexibility index (Phi) is 5.10. The minimum atomic E-state index is -0.521. The van der Waals surface area contributed by atoms with Crippen molar-refractivity contribution in [3.8, 4) is 0 Å². The van der Waals surface area contributed by atoms with E-state index in [1.54, 1.807) is 6.92 Å². The number of benzene rings is 1. The number of hydrogen-bond donors (Lipinski definition) is 2. The number of nitro groups is 1. The zero-order valence-electron chi connectivity index (χ0n) is 16.5. The largest absolute Gasteiger partial charge is 0.350 e. The Morgan fingerprint density at radius 1 is 1.10 bits per heavy atom. The number of nitro benzene ring substituents is 1. The van der Waals surface area contributed by atoms with Gasteiger partial charge in [-0.05, 0) is 75.3 Å². The van der Waals surface area contributed by atoms with Crippen molar-refractivity contribution in [2.24, 2.45) is 22.9 Å². The van der Waals surface area contributed by atoms with Gasteiger partial charge in [-0.2, -0.15) is 5.10 Å². The van der Waals surface area contributed by atoms with Gasteiger partial charge in [0.1, 0.15) is 0 Å². The predicted octanol–water partition coefficient (Wildman–Crippen LogP) is 3.18. The maximum absolute atomic E-state index is 12.6. The maximum atomic E-state index is 12.6. The van der Waals surface area contributed by atoms with Crippen molar-refractivity contribution >= 4 is 23.2 Å². The molecule has 4 aliphatic rings. The lowest BCUT2D eigenvalue weighted by molar-refractivity contribution is -0.384. The first-order valence-electron chi connectivity index (χ1n) is 10.2. The smallest absolute Gasteiger partial charge is 0.271 e. The quantitative estimate of drug-likeness (QED) is 0.435. The molecule has 4 bridgehead atoms. The minimum absolute atomic E-state index is 0.0336. The molecule has 1 aromatic carbocycles. The van der Waals surface area contributed by atoms with E-state index >= 15 is 0 Å². The number of carbonyl (C=O) groups excluding carboxylic acids is 2. The zero-order chi connectivity index (χ0) is 20.6. The molecule has 4 aliphatic carbocycles. The maximum Gasteiger partial charge on any atom is 0.271 e. The Bertz CT molecular complexity index is 827. The molecule has 0 unspecified atom stereocenters. The Morgan fingerprint density at radius 2 is 1.66 bits per heavy atom. The fraction of sp³-hybridized carbons (Fsp3) is 0.571. The topological polar surface area (TPSA) is 114 Å². The summed E-state index contributed by atoms with van der Waals surface area (Å²) >= 11 is 0. The summed E-state index contributed by atoms with van der Waals surface area (Å²) in [4.78, 5) is 34.9. The highest BCUT2D eigenvalue weighted by Gasteiger charge is 2.51. The van der Waals surface area contributed by atoms with Gasteiger partial charge in [0, 0.05) is 28.9 Å². The van der Waals surface area contributed by atoms with Crippen LogP contribution in [0.3, 0.4) is 0 Å². The molecule has 5 rings (SSSR count). The molecule has 8 heteroatoms. The second-order valence-electron chi connectivity index (χ2n) is 9.01. The van der Waals surface area contributed by atoms with Crippen LogP contribution in [0.15, 0.2) is 29.4 Å². The first kappa shape index (κ1) is 19.5. The van der Waals surface area contributed by atoms with Crippen LogP contribution in [0.25, 0.3) is 0 Å². The van der Waals surface area contributed by atoms with Gasteiger partial charge in [-0.25, -0.2) is 5.43 Å². The number of rotatable bonds is 6. The third kappa shape index (κ3) is 4.31. The molecular weight excluding hydrogens is 372 g/mol. The molecule has 154 valence electrons. The molecule has 0 atom stereocenters. The fourth-order valence-electron chi connectivity index (χ4n) is 5.82. The van der Waals surface area contributed by atoms with Crippen molar-refractivity contribution in [2.45, 2.75) is 57.4 Å². The molecule has 2 N–H and O–H groups in total. The summed E-state index contributed by atoms with van der Waals surface area (Å²) in [5.74, 6) is 1.77. The van der Waals surface area contributed by atoms with Crippen molar-refractivity contribution in [2.75, 3.05) is 0 Å². The number of hydrogen-bond acceptors (Lipinski definition) is 5. The van der Waals surface area contributed by atoms with E-state index in [0.717, 1.165) is 37.0 Å². The summed E-state index contributed by atoms with van der Waals surface area (Å²) in [6.07, 6.45) is 7.40. The van der Waals surface area contributed by atoms with E-state index in [0.29, 0.717) is 5.71 Å². The van der Waals surface area contributed by atoms with Gasteiger partial charge < -0.3 is 5.32 Å². The van der Waals surface area contributed by atoms with Gasteiger partial charge in [-0.3, -0.25) is 19.7 Å². The first-order valence-corrected chi connectivity index (χ1v) is 10.2. The van der Waals surface area contributed by atoms with Gasteiger partial charge in [0.2, 0.25) is 5.91 Å². The molecule has 1 aromatic rings. The monoisotopic (exact) mass is 398 g/mol. The van der Waals surface area contributed by atoms with Crippen LogP contribution in [0.2, 0.25) is 0 Å². The Labute approximate surface area is 169 Å². The van der Waals surface area contributed by atoms with Crippen molar-refractivity contribution in [3.05, 3.63) is 39.9 Å². The summed E-state index contributed by atoms with van der Waals surface area (Å²) in [5.41, 5.74) is 3.08. The van der Waals surface area contributed by atoms with Gasteiger partial charge in [-0.1, -0.05) is 0 Å². The standard InChI is InChI=1S/C21H26N4O4/c1-13(23-24-20(27)17-2-4-18(5-3-17)25(28)29)6-19(26)22-21-10-14-7-15(11-21)9-16(8-14)12-21/h2-5,14-16H,6-12H2,1H3,(H,22,26)(H,24,27)/b23-13-. The predicted molar refractivity (Wildman–Crippen MR) is 107 cm³/mol. The third-order valence-corrected chi connectivity index (χ3v) is 6.55. The Morgan fingerprint density at radius 3 is 2.17 bits per heavy atom. The molecule has 0 heterocycles. The molecule has 0 spiro atoms. The van der Waals surface area contributed by atoms with Crippen molar-refractivity contribution in [1.29, 1.82) is 0 Å². The average molecular weight is 398 g/mol. The van der Waals surface area contributed by atoms with Crippen LogP contribution in [0.1, 0.15) is 62.2 Å². The van der Waals surface area contributed by atoms with Gasteiger partial charge >= 0.3 is 0 Å². The van der Waals surface area contributed by atoms with Crippen molar-refractivity contribution in [1.82, 2.24) is 10.7 Å². The third-order valence-electron chi connectivity index (χ3n) is 6.55. The number of non-ortho nitro benzene ring substituents is 1. The highest BCUT2D eigenvalue weighted by Crippen LogP contribution is 2.55. The second kappa shape index (κ2) is 7.57. The molecule has 0 saturated heterocycles. The molecule has 0 aromatic heterocycles. The molecule has 4 saturated carbocycles. The lowest BCUT2D eigenvalue weighted by Crippen LogP contribution is -2.60. The van der Waals surface area contributed by atoms with Crippen molar-refractivity contribution < 1.29 is 14.5 Å². The summed E-state index contributed by atoms with van der Waals surface area (Å²) in [7, 11) is 0. The minimum Gasteiger partial charge on any atom is -0.350 e. The number of amides is 2. The number of nitrogens with zero attached hydrogens (tertiary/aromatic N) is 2. The van der Waals surface area contributed by atoms with Crippen molar-refractivity contribution in [3.63, 3.8) is 0 Å². The van der Waals surface area contributed by atoms with Gasteiger partial charge in [-0.15, -0.1) is 0 Å². The molecule has 0 aliphatic heterocycles. The number of nitrogens with one attached hydrogen (secondary N) is 2. The summed E-state index contributed by atoms with van der Waals surface area (Å²) < 4.78 is 0. The average Bonchev–Trinajstić information content (AvgIpc) is 2.64. The molecule has 4 fully saturated rings. The molecule has 29 heavy (non-hydrogen) atoms. The SMILES string of the molecule is C/C(CC(=O)NC12CC3CC(CC(C3)C1)C2)=N/NC(=O)c1ccc([N+](=O)[O-])cc1. The van der Waals surface area contributed by atoms with Crippen LogP contribution in [0.5, 0.6) is 0 Å². The first-order chi connectivity index (χ1) is 13.8. The molecule has 0 radical (unpaired) electrons. The highest BCUT2D eigenvalue weighted by atomic mass is 16.6. The van der Waals surface area contributed by atoms with E-state index < -0.39 is 10.8 Å². The van der Waals surface area contributed by atoms with Crippen LogP contribution in [-0.2, 0) is 4.79 Å². The Hall–Kier alpha value is -2.77. The van der Waals surface area contributed by atoms with E-state index in [-0.39, 0.29) is 29.1 Å². The highest BCUT2D eigenvalue weighted by molar-refractivity contribution is 6.01. The normalized spacial score (nSPS) is 30.1. The molecular formula is C21H26N4O4. The van der Waals surface area contributed by atoms with Crippen LogP contribution in [0, 0.1) is 27.9 Å². The van der Waals surface area contributed by atoms with Gasteiger partial charge in [0.05, 0.1) is 11.3 Å². The number of hydrazone groups is 1. The summed E-state index contributed by atoms with van der Waals surface area (Å²) in [5, 5.41) is 18.0. The van der Waals surface area contributed by atoms with Gasteiger partial charge in [0.15, 0.2) is 0 Å². The lowest BCUT2D eigenvalue weighted by atomic mass is 9.53. The second-order valence-corrected chi connectivity index (χ2v) is 9.01. The van der Waals surface area contributed by atoms with E-state index in [9.17, 15) is 19.7 Å². The lowest BCUT2D eigenvalue weighted by Gasteiger charge is -2.56. The van der Waals surface area contributed by atoms with Gasteiger partial charge in [0.25, 0.3) is 11.6 Å². The van der Waals surface area contributed by atoms with E-state index in [1.807, 2.05) is 0 Å². The van der Waals surface area contributed by atoms with E-state index in [2.05, 4.69) is 15.8 Å². The molecule has 8 nitrogen and oxygen atoms in total. The van der Waals surface area contributed by atoms with Crippen LogP contribution in [0.4, 0.5) is 5.69 Å². The fourth-order valence-corrected chi connectivity index (χ4v) is 5.82.